The Hall–Kier alpha value is -2.83. The van der Waals surface area contributed by atoms with Gasteiger partial charge in [0.05, 0.1) is 0 Å². The minimum Gasteiger partial charge on any atom is -0.444 e. The Kier molecular flexibility index (Phi) is 6.03. The second kappa shape index (κ2) is 8.73. The molecule has 0 spiro atoms. The Morgan fingerprint density at radius 1 is 1.19 bits per heavy atom. The third-order valence-electron chi connectivity index (χ3n) is 5.73. The number of likely N-dealkylation sites (tertiary alicyclic amines) is 1. The van der Waals surface area contributed by atoms with Gasteiger partial charge in [0.1, 0.15) is 11.4 Å². The molecule has 0 bridgehead atoms. The van der Waals surface area contributed by atoms with Gasteiger partial charge in [-0.15, -0.1) is 0 Å². The summed E-state index contributed by atoms with van der Waals surface area (Å²) in [5.74, 6) is 0.998. The van der Waals surface area contributed by atoms with E-state index in [1.54, 1.807) is 6.07 Å². The van der Waals surface area contributed by atoms with Gasteiger partial charge in [-0.2, -0.15) is 0 Å². The van der Waals surface area contributed by atoms with Crippen LogP contribution in [0.4, 0.5) is 4.79 Å². The zero-order chi connectivity index (χ0) is 22.0. The van der Waals surface area contributed by atoms with E-state index in [1.165, 1.54) is 0 Å². The van der Waals surface area contributed by atoms with Gasteiger partial charge in [-0.3, -0.25) is 4.79 Å². The first-order valence-corrected chi connectivity index (χ1v) is 11.1. The van der Waals surface area contributed by atoms with E-state index < -0.39 is 5.60 Å². The molecule has 2 amide bonds. The number of rotatable bonds is 5. The summed E-state index contributed by atoms with van der Waals surface area (Å²) in [7, 11) is 0. The van der Waals surface area contributed by atoms with Gasteiger partial charge in [0.2, 0.25) is 0 Å². The van der Waals surface area contributed by atoms with Crippen LogP contribution in [0, 0.1) is 0 Å². The highest BCUT2D eigenvalue weighted by Crippen LogP contribution is 2.40. The van der Waals surface area contributed by atoms with Crippen molar-refractivity contribution < 1.29 is 18.8 Å². The molecule has 0 radical (unpaired) electrons. The maximum Gasteiger partial charge on any atom is 0.410 e. The Bertz CT molecular complexity index is 914. The number of nitrogens with one attached hydrogen (secondary N) is 1. The maximum absolute atomic E-state index is 12.8. The average Bonchev–Trinajstić information content (AvgIpc) is 3.44. The van der Waals surface area contributed by atoms with E-state index in [4.69, 9.17) is 9.26 Å². The number of hydrogen-bond donors (Lipinski definition) is 1. The maximum atomic E-state index is 12.8. The van der Waals surface area contributed by atoms with Crippen LogP contribution in [-0.2, 0) is 11.2 Å². The fourth-order valence-electron chi connectivity index (χ4n) is 4.04. The Labute approximate surface area is 183 Å². The monoisotopic (exact) mass is 425 g/mol. The van der Waals surface area contributed by atoms with Crippen molar-refractivity contribution in [2.75, 3.05) is 6.54 Å². The summed E-state index contributed by atoms with van der Waals surface area (Å²) in [5, 5.41) is 7.03. The van der Waals surface area contributed by atoms with Crippen LogP contribution < -0.4 is 5.32 Å². The summed E-state index contributed by atoms with van der Waals surface area (Å²) in [6.45, 7) is 6.15. The molecule has 31 heavy (non-hydrogen) atoms. The number of ether oxygens (including phenoxy) is 1. The fraction of sp³-hybridized carbons (Fsp3) is 0.542. The minimum absolute atomic E-state index is 0.0408. The molecule has 1 aliphatic carbocycles. The van der Waals surface area contributed by atoms with Gasteiger partial charge < -0.3 is 19.5 Å². The second-order valence-corrected chi connectivity index (χ2v) is 9.60. The molecule has 1 saturated carbocycles. The van der Waals surface area contributed by atoms with Gasteiger partial charge in [-0.1, -0.05) is 35.5 Å². The summed E-state index contributed by atoms with van der Waals surface area (Å²) >= 11 is 0. The molecule has 1 N–H and O–H groups in total. The van der Waals surface area contributed by atoms with E-state index in [0.717, 1.165) is 24.2 Å². The van der Waals surface area contributed by atoms with Crippen molar-refractivity contribution in [3.8, 4) is 0 Å². The van der Waals surface area contributed by atoms with Crippen molar-refractivity contribution in [2.24, 2.45) is 0 Å². The molecule has 0 unspecified atom stereocenters. The van der Waals surface area contributed by atoms with E-state index in [2.05, 4.69) is 22.6 Å². The molecule has 7 heteroatoms. The summed E-state index contributed by atoms with van der Waals surface area (Å²) in [6, 6.07) is 11.7. The Morgan fingerprint density at radius 2 is 1.94 bits per heavy atom. The lowest BCUT2D eigenvalue weighted by molar-refractivity contribution is 0.00730. The molecule has 4 rings (SSSR count). The molecule has 166 valence electrons. The lowest BCUT2D eigenvalue weighted by Crippen LogP contribution is -2.53. The van der Waals surface area contributed by atoms with Gasteiger partial charge >= 0.3 is 6.09 Å². The Balaban J connectivity index is 1.43. The predicted molar refractivity (Wildman–Crippen MR) is 116 cm³/mol. The topological polar surface area (TPSA) is 84.7 Å². The molecular formula is C24H31N3O4. The molecule has 2 fully saturated rings. The number of carbonyl (C=O) groups excluding carboxylic acids is 2. The predicted octanol–water partition coefficient (Wildman–Crippen LogP) is 4.29. The van der Waals surface area contributed by atoms with Crippen LogP contribution in [0.3, 0.4) is 0 Å². The molecule has 1 aliphatic heterocycles. The van der Waals surface area contributed by atoms with Crippen LogP contribution in [0.15, 0.2) is 40.9 Å². The normalized spacial score (nSPS) is 21.6. The molecule has 2 aromatic rings. The Morgan fingerprint density at radius 3 is 2.61 bits per heavy atom. The van der Waals surface area contributed by atoms with Gasteiger partial charge in [0.15, 0.2) is 5.69 Å². The van der Waals surface area contributed by atoms with Gasteiger partial charge in [-0.05, 0) is 58.4 Å². The van der Waals surface area contributed by atoms with Crippen LogP contribution in [-0.4, -0.2) is 46.3 Å². The van der Waals surface area contributed by atoms with Crippen molar-refractivity contribution in [2.45, 2.75) is 76.5 Å². The first-order valence-electron chi connectivity index (χ1n) is 11.1. The standard InChI is InChI=1S/C24H31N3O4/c1-24(2,3)30-23(29)27-12-11-18(14-19(27)13-16-7-5-4-6-8-16)25-22(28)20-15-21(31-26-20)17-9-10-17/h4-8,15,17-19H,9-14H2,1-3H3,(H,25,28)/t18-,19+/m0/s1. The van der Waals surface area contributed by atoms with Gasteiger partial charge in [0, 0.05) is 30.6 Å². The zero-order valence-electron chi connectivity index (χ0n) is 18.5. The molecule has 1 aromatic heterocycles. The van der Waals surface area contributed by atoms with Crippen LogP contribution in [0.2, 0.25) is 0 Å². The number of carbonyl (C=O) groups is 2. The third kappa shape index (κ3) is 5.66. The van der Waals surface area contributed by atoms with E-state index in [9.17, 15) is 9.59 Å². The number of amides is 2. The molecule has 2 aliphatic rings. The number of nitrogens with zero attached hydrogens (tertiary/aromatic N) is 2. The SMILES string of the molecule is CC(C)(C)OC(=O)N1CC[C@H](NC(=O)c2cc(C3CC3)on2)C[C@H]1Cc1ccccc1. The van der Waals surface area contributed by atoms with Gasteiger partial charge in [-0.25, -0.2) is 4.79 Å². The van der Waals surface area contributed by atoms with Gasteiger partial charge in [0.25, 0.3) is 5.91 Å². The zero-order valence-corrected chi connectivity index (χ0v) is 18.5. The molecule has 1 saturated heterocycles. The first kappa shape index (κ1) is 21.4. The van der Waals surface area contributed by atoms with Crippen LogP contribution >= 0.6 is 0 Å². The number of benzene rings is 1. The molecule has 2 atom stereocenters. The van der Waals surface area contributed by atoms with E-state index in [1.807, 2.05) is 43.9 Å². The summed E-state index contributed by atoms with van der Waals surface area (Å²) < 4.78 is 11.0. The van der Waals surface area contributed by atoms with Crippen LogP contribution in [0.1, 0.15) is 74.2 Å². The largest absolute Gasteiger partial charge is 0.444 e. The second-order valence-electron chi connectivity index (χ2n) is 9.60. The van der Waals surface area contributed by atoms with Crippen molar-refractivity contribution in [3.05, 3.63) is 53.4 Å². The fourth-order valence-corrected chi connectivity index (χ4v) is 4.04. The highest BCUT2D eigenvalue weighted by molar-refractivity contribution is 5.92. The summed E-state index contributed by atoms with van der Waals surface area (Å²) in [5.41, 5.74) is 0.931. The van der Waals surface area contributed by atoms with E-state index in [-0.39, 0.29) is 24.1 Å². The van der Waals surface area contributed by atoms with E-state index >= 15 is 0 Å². The highest BCUT2D eigenvalue weighted by atomic mass is 16.6. The molecular weight excluding hydrogens is 394 g/mol. The molecule has 7 nitrogen and oxygen atoms in total. The molecule has 2 heterocycles. The van der Waals surface area contributed by atoms with Crippen LogP contribution in [0.5, 0.6) is 0 Å². The summed E-state index contributed by atoms with van der Waals surface area (Å²) in [6.07, 6.45) is 3.93. The lowest BCUT2D eigenvalue weighted by atomic mass is 9.92. The highest BCUT2D eigenvalue weighted by Gasteiger charge is 2.35. The summed E-state index contributed by atoms with van der Waals surface area (Å²) in [4.78, 5) is 27.3. The number of piperidine rings is 1. The first-order chi connectivity index (χ1) is 14.8. The van der Waals surface area contributed by atoms with Crippen molar-refractivity contribution in [1.29, 1.82) is 0 Å². The number of hydrogen-bond acceptors (Lipinski definition) is 5. The minimum atomic E-state index is -0.550. The van der Waals surface area contributed by atoms with Crippen molar-refractivity contribution in [1.82, 2.24) is 15.4 Å². The van der Waals surface area contributed by atoms with E-state index in [0.29, 0.717) is 37.4 Å². The quantitative estimate of drug-likeness (QED) is 0.772. The third-order valence-corrected chi connectivity index (χ3v) is 5.73. The van der Waals surface area contributed by atoms with Crippen molar-refractivity contribution in [3.63, 3.8) is 0 Å². The van der Waals surface area contributed by atoms with Crippen molar-refractivity contribution >= 4 is 12.0 Å². The lowest BCUT2D eigenvalue weighted by Gasteiger charge is -2.40. The molecule has 1 aromatic carbocycles. The number of aromatic nitrogens is 1. The van der Waals surface area contributed by atoms with Crippen LogP contribution in [0.25, 0.3) is 0 Å². The smallest absolute Gasteiger partial charge is 0.410 e. The average molecular weight is 426 g/mol.